The summed E-state index contributed by atoms with van der Waals surface area (Å²) >= 11 is 9.13. The fraction of sp³-hybridized carbons (Fsp3) is 0.420. The Balaban J connectivity index is 0.000000182. The van der Waals surface area contributed by atoms with E-state index in [1.165, 1.54) is 28.2 Å². The number of fused-ring (bicyclic) bond motifs is 2. The molecule has 4 aromatic carbocycles. The van der Waals surface area contributed by atoms with Gasteiger partial charge < -0.3 is 20.0 Å². The van der Waals surface area contributed by atoms with Gasteiger partial charge in [-0.3, -0.25) is 4.79 Å². The number of rotatable bonds is 7. The fourth-order valence-corrected chi connectivity index (χ4v) is 12.3. The Morgan fingerprint density at radius 2 is 1.39 bits per heavy atom. The molecule has 0 spiro atoms. The standard InChI is InChI=1S/C28H32N4O3S.C22H21ClN4O2S.Ni/c1-15-14-28(5,6)32-11-7-8-17-22(25(34)35)20(13-18(15)23(17)32)30-31-26-29-19-10-9-16(12-21(19)36-26)24(33)27(2,3)4;1-11-9-16-20(12(2)18(11)23)30-22(24-16)26-25-15-10-13-5-3-7-27-8-4-6-14(19(13)27)17(15)21(28)29;/h9-10,12-13,15H,7-8,11,14H2,1-6H3,(H,34,35);9-10H,3-8H2,1-2H3,(H,28,29);. The first-order chi connectivity index (χ1) is 31.3. The SMILES string of the molecule is CC1CC(C)(C)N2CCCc3c(C(=O)O)c(N=Nc4nc5ccc(C(=O)C(C)(C)C)cc5s4)cc1c32.Cc1cc2nc(N=Nc3cc4c5c(c3C(=O)O)CCCN5CCC4)sc2c(C)c1Cl.[Ni]. The van der Waals surface area contributed by atoms with Crippen LogP contribution in [0.3, 0.4) is 0 Å². The van der Waals surface area contributed by atoms with Crippen LogP contribution in [0.15, 0.2) is 56.9 Å². The maximum absolute atomic E-state index is 12.7. The number of thiazole rings is 2. The van der Waals surface area contributed by atoms with Gasteiger partial charge in [0.05, 0.1) is 31.6 Å². The van der Waals surface area contributed by atoms with Gasteiger partial charge in [0.2, 0.25) is 10.3 Å². The van der Waals surface area contributed by atoms with Crippen LogP contribution in [-0.4, -0.2) is 63.1 Å². The molecule has 6 heterocycles. The van der Waals surface area contributed by atoms with E-state index in [1.807, 2.05) is 65.0 Å². The van der Waals surface area contributed by atoms with Crippen molar-refractivity contribution in [3.8, 4) is 0 Å². The van der Waals surface area contributed by atoms with Gasteiger partial charge >= 0.3 is 11.9 Å². The number of carbonyl (C=O) groups excluding carboxylic acids is 1. The molecular formula is C50H53ClN8NiO5S2. The van der Waals surface area contributed by atoms with Gasteiger partial charge in [-0.25, -0.2) is 19.6 Å². The van der Waals surface area contributed by atoms with E-state index < -0.39 is 17.4 Å². The zero-order valence-corrected chi connectivity index (χ0v) is 42.2. The molecule has 0 saturated carbocycles. The van der Waals surface area contributed by atoms with Crippen LogP contribution in [0, 0.1) is 19.3 Å². The zero-order chi connectivity index (χ0) is 47.0. The second-order valence-electron chi connectivity index (χ2n) is 19.6. The number of ketones is 1. The summed E-state index contributed by atoms with van der Waals surface area (Å²) in [6.07, 6.45) is 6.38. The van der Waals surface area contributed by atoms with Crippen LogP contribution in [0.2, 0.25) is 5.02 Å². The molecule has 1 unspecified atom stereocenters. The molecule has 10 rings (SSSR count). The first-order valence-electron chi connectivity index (χ1n) is 22.5. The molecule has 6 aromatic rings. The third-order valence-electron chi connectivity index (χ3n) is 13.3. The Morgan fingerprint density at radius 1 is 0.791 bits per heavy atom. The number of Topliss-reactive ketones (excluding diaryl/α,β-unsaturated/α-hetero) is 1. The topological polar surface area (TPSA) is 173 Å². The van der Waals surface area contributed by atoms with Crippen molar-refractivity contribution < 1.29 is 41.1 Å². The number of carbonyl (C=O) groups is 3. The van der Waals surface area contributed by atoms with Crippen LogP contribution in [0.5, 0.6) is 0 Å². The minimum absolute atomic E-state index is 0. The summed E-state index contributed by atoms with van der Waals surface area (Å²) in [6, 6.07) is 11.2. The Kier molecular flexibility index (Phi) is 13.3. The van der Waals surface area contributed by atoms with Crippen LogP contribution < -0.4 is 9.80 Å². The zero-order valence-electron chi connectivity index (χ0n) is 38.8. The number of aromatic nitrogens is 2. The van der Waals surface area contributed by atoms with E-state index in [-0.39, 0.29) is 38.9 Å². The van der Waals surface area contributed by atoms with Crippen molar-refractivity contribution in [2.24, 2.45) is 25.9 Å². The molecule has 13 nitrogen and oxygen atoms in total. The van der Waals surface area contributed by atoms with Crippen molar-refractivity contribution in [1.82, 2.24) is 9.97 Å². The van der Waals surface area contributed by atoms with Crippen LogP contribution in [0.1, 0.15) is 138 Å². The van der Waals surface area contributed by atoms with Gasteiger partial charge in [0.25, 0.3) is 0 Å². The van der Waals surface area contributed by atoms with E-state index in [1.54, 1.807) is 6.07 Å². The van der Waals surface area contributed by atoms with E-state index in [9.17, 15) is 24.6 Å². The van der Waals surface area contributed by atoms with Gasteiger partial charge in [0.15, 0.2) is 5.78 Å². The number of anilines is 2. The molecule has 17 heteroatoms. The second-order valence-corrected chi connectivity index (χ2v) is 21.9. The summed E-state index contributed by atoms with van der Waals surface area (Å²) in [5.74, 6) is -1.56. The summed E-state index contributed by atoms with van der Waals surface area (Å²) < 4.78 is 1.83. The molecule has 1 atom stereocenters. The monoisotopic (exact) mass is 1000 g/mol. The molecule has 0 amide bonds. The van der Waals surface area contributed by atoms with Gasteiger partial charge in [-0.1, -0.05) is 62.0 Å². The molecule has 2 aromatic heterocycles. The molecule has 4 aliphatic heterocycles. The van der Waals surface area contributed by atoms with Gasteiger partial charge in [-0.15, -0.1) is 20.5 Å². The fourth-order valence-electron chi connectivity index (χ4n) is 10.4. The molecule has 0 saturated heterocycles. The van der Waals surface area contributed by atoms with Crippen molar-refractivity contribution in [2.75, 3.05) is 29.4 Å². The van der Waals surface area contributed by atoms with E-state index >= 15 is 0 Å². The van der Waals surface area contributed by atoms with E-state index in [4.69, 9.17) is 11.6 Å². The van der Waals surface area contributed by atoms with E-state index in [0.717, 1.165) is 129 Å². The summed E-state index contributed by atoms with van der Waals surface area (Å²) in [5.41, 5.74) is 11.3. The molecule has 0 fully saturated rings. The average Bonchev–Trinajstić information content (AvgIpc) is 3.88. The van der Waals surface area contributed by atoms with Gasteiger partial charge in [-0.2, -0.15) is 0 Å². The van der Waals surface area contributed by atoms with Gasteiger partial charge in [-0.05, 0) is 148 Å². The third-order valence-corrected chi connectivity index (χ3v) is 15.9. The van der Waals surface area contributed by atoms with Crippen molar-refractivity contribution in [3.05, 3.63) is 91.5 Å². The summed E-state index contributed by atoms with van der Waals surface area (Å²) in [7, 11) is 0. The number of halogens is 1. The first-order valence-corrected chi connectivity index (χ1v) is 24.5. The van der Waals surface area contributed by atoms with Crippen LogP contribution in [0.4, 0.5) is 33.0 Å². The number of benzene rings is 4. The van der Waals surface area contributed by atoms with Gasteiger partial charge in [0, 0.05) is 69.0 Å². The molecule has 4 aliphatic rings. The Bertz CT molecular complexity index is 3080. The maximum atomic E-state index is 12.7. The van der Waals surface area contributed by atoms with Crippen molar-refractivity contribution in [2.45, 2.75) is 112 Å². The number of aromatic carboxylic acids is 2. The third kappa shape index (κ3) is 9.02. The maximum Gasteiger partial charge on any atom is 0.338 e. The molecule has 0 radical (unpaired) electrons. The van der Waals surface area contributed by atoms with Gasteiger partial charge in [0.1, 0.15) is 11.4 Å². The van der Waals surface area contributed by atoms with Crippen molar-refractivity contribution in [3.63, 3.8) is 0 Å². The smallest absolute Gasteiger partial charge is 0.338 e. The molecular weight excluding hydrogens is 951 g/mol. The minimum atomic E-state index is -0.978. The molecule has 0 aliphatic carbocycles. The molecule has 0 bridgehead atoms. The largest absolute Gasteiger partial charge is 0.478 e. The Hall–Kier alpha value is -5.15. The normalized spacial score (nSPS) is 17.3. The number of nitrogens with zero attached hydrogens (tertiary/aromatic N) is 8. The average molecular weight is 1000 g/mol. The Labute approximate surface area is 412 Å². The predicted molar refractivity (Wildman–Crippen MR) is 264 cm³/mol. The van der Waals surface area contributed by atoms with Crippen molar-refractivity contribution >= 4 is 105 Å². The Morgan fingerprint density at radius 3 is 2.04 bits per heavy atom. The summed E-state index contributed by atoms with van der Waals surface area (Å²) in [6.45, 7) is 19.2. The van der Waals surface area contributed by atoms with E-state index in [2.05, 4.69) is 61.0 Å². The number of carboxylic acid groups (broad SMARTS) is 2. The number of hydrogen-bond acceptors (Lipinski definition) is 13. The number of carboxylic acids is 2. The number of hydrogen-bond donors (Lipinski definition) is 2. The second kappa shape index (κ2) is 18.4. The summed E-state index contributed by atoms with van der Waals surface area (Å²) in [4.78, 5) is 51.1. The van der Waals surface area contributed by atoms with E-state index in [0.29, 0.717) is 33.1 Å². The van der Waals surface area contributed by atoms with Crippen LogP contribution in [-0.2, 0) is 35.8 Å². The van der Waals surface area contributed by atoms with Crippen LogP contribution in [0.25, 0.3) is 20.4 Å². The number of azo groups is 2. The number of aryl methyl sites for hydroxylation is 3. The quantitative estimate of drug-likeness (QED) is 0.0896. The molecule has 352 valence electrons. The summed E-state index contributed by atoms with van der Waals surface area (Å²) in [5, 5.41) is 39.3. The molecule has 2 N–H and O–H groups in total. The molecule has 67 heavy (non-hydrogen) atoms. The first kappa shape index (κ1) is 48.3. The van der Waals surface area contributed by atoms with Crippen molar-refractivity contribution in [1.29, 1.82) is 0 Å². The van der Waals surface area contributed by atoms with Crippen LogP contribution >= 0.6 is 34.3 Å². The minimum Gasteiger partial charge on any atom is -0.478 e. The predicted octanol–water partition coefficient (Wildman–Crippen LogP) is 14.1.